The Morgan fingerprint density at radius 3 is 2.81 bits per heavy atom. The first-order chi connectivity index (χ1) is 12.2. The van der Waals surface area contributed by atoms with Gasteiger partial charge in [0.15, 0.2) is 5.82 Å². The molecule has 2 aliphatic heterocycles. The van der Waals surface area contributed by atoms with E-state index in [9.17, 15) is 0 Å². The van der Waals surface area contributed by atoms with Crippen molar-refractivity contribution in [1.82, 2.24) is 20.1 Å². The Bertz CT molecular complexity index is 772. The van der Waals surface area contributed by atoms with Gasteiger partial charge < -0.3 is 10.6 Å². The zero-order valence-corrected chi connectivity index (χ0v) is 17.5. The summed E-state index contributed by atoms with van der Waals surface area (Å²) in [5.74, 6) is 1.87. The fourth-order valence-corrected chi connectivity index (χ4v) is 5.20. The number of hydrogen-bond acceptors (Lipinski definition) is 5. The molecule has 0 saturated carbocycles. The molecule has 4 rings (SSSR count). The van der Waals surface area contributed by atoms with E-state index in [1.54, 1.807) is 4.88 Å². The topological polar surface area (TPSA) is 54.8 Å². The van der Waals surface area contributed by atoms with Crippen molar-refractivity contribution in [2.24, 2.45) is 0 Å². The molecule has 0 fully saturated rings. The first kappa shape index (κ1) is 18.0. The lowest BCUT2D eigenvalue weighted by molar-refractivity contribution is 0.390. The molecule has 0 spiro atoms. The number of anilines is 1. The normalized spacial score (nSPS) is 20.4. The van der Waals surface area contributed by atoms with Crippen molar-refractivity contribution in [1.29, 1.82) is 0 Å². The van der Waals surface area contributed by atoms with Crippen LogP contribution in [-0.2, 0) is 30.3 Å². The monoisotopic (exact) mass is 373 g/mol. The highest BCUT2D eigenvalue weighted by molar-refractivity contribution is 7.12. The van der Waals surface area contributed by atoms with Crippen LogP contribution in [-0.4, -0.2) is 27.4 Å². The third kappa shape index (κ3) is 3.41. The molecule has 0 bridgehead atoms. The van der Waals surface area contributed by atoms with E-state index in [0.29, 0.717) is 6.04 Å². The average Bonchev–Trinajstić information content (AvgIpc) is 3.18. The van der Waals surface area contributed by atoms with Gasteiger partial charge >= 0.3 is 0 Å². The number of fused-ring (bicyclic) bond motifs is 2. The lowest BCUT2D eigenvalue weighted by atomic mass is 9.82. The van der Waals surface area contributed by atoms with Crippen molar-refractivity contribution in [3.8, 4) is 0 Å². The molecule has 2 aromatic heterocycles. The molecule has 2 aromatic rings. The minimum Gasteiger partial charge on any atom is -0.352 e. The van der Waals surface area contributed by atoms with Gasteiger partial charge in [-0.15, -0.1) is 11.3 Å². The van der Waals surface area contributed by atoms with Gasteiger partial charge in [-0.05, 0) is 30.9 Å². The summed E-state index contributed by atoms with van der Waals surface area (Å²) in [6.45, 7) is 14.4. The Labute approximate surface area is 160 Å². The number of aromatic nitrogens is 3. The molecule has 4 heterocycles. The predicted molar refractivity (Wildman–Crippen MR) is 108 cm³/mol. The molecule has 0 radical (unpaired) electrons. The number of hydrogen-bond donors (Lipinski definition) is 2. The highest BCUT2D eigenvalue weighted by Gasteiger charge is 2.32. The highest BCUT2D eigenvalue weighted by atomic mass is 32.1. The lowest BCUT2D eigenvalue weighted by Gasteiger charge is -2.32. The number of aryl methyl sites for hydroxylation is 1. The molecule has 26 heavy (non-hydrogen) atoms. The van der Waals surface area contributed by atoms with E-state index in [2.05, 4.69) is 51.3 Å². The third-order valence-electron chi connectivity index (χ3n) is 5.53. The van der Waals surface area contributed by atoms with Crippen LogP contribution < -0.4 is 10.6 Å². The second kappa shape index (κ2) is 6.34. The Hall–Kier alpha value is -1.40. The van der Waals surface area contributed by atoms with Crippen LogP contribution in [0.15, 0.2) is 6.07 Å². The van der Waals surface area contributed by atoms with E-state index in [1.165, 1.54) is 16.9 Å². The SMILES string of the molecule is CC(C)(C)c1nc2n(n1)CCC(CC(C)(C)c1cc3c(s1)CCNC3)N2. The summed E-state index contributed by atoms with van der Waals surface area (Å²) in [5.41, 5.74) is 1.68. The number of rotatable bonds is 3. The van der Waals surface area contributed by atoms with Crippen molar-refractivity contribution in [2.45, 2.75) is 83.8 Å². The van der Waals surface area contributed by atoms with Crippen LogP contribution in [0, 0.1) is 0 Å². The number of nitrogens with one attached hydrogen (secondary N) is 2. The first-order valence-corrected chi connectivity index (χ1v) is 10.6. The molecular weight excluding hydrogens is 342 g/mol. The molecule has 6 heteroatoms. The Morgan fingerprint density at radius 2 is 2.08 bits per heavy atom. The van der Waals surface area contributed by atoms with Crippen LogP contribution in [0.3, 0.4) is 0 Å². The lowest BCUT2D eigenvalue weighted by Crippen LogP contribution is -2.34. The van der Waals surface area contributed by atoms with Crippen LogP contribution in [0.5, 0.6) is 0 Å². The van der Waals surface area contributed by atoms with E-state index in [1.807, 2.05) is 16.0 Å². The van der Waals surface area contributed by atoms with E-state index in [4.69, 9.17) is 10.1 Å². The van der Waals surface area contributed by atoms with Crippen LogP contribution >= 0.6 is 11.3 Å². The number of nitrogens with zero attached hydrogens (tertiary/aromatic N) is 3. The van der Waals surface area contributed by atoms with Crippen LogP contribution in [0.1, 0.15) is 68.6 Å². The first-order valence-electron chi connectivity index (χ1n) is 9.77. The number of thiophene rings is 1. The van der Waals surface area contributed by atoms with E-state index >= 15 is 0 Å². The molecule has 1 unspecified atom stereocenters. The van der Waals surface area contributed by atoms with Crippen molar-refractivity contribution >= 4 is 17.3 Å². The molecule has 1 atom stereocenters. The molecular formula is C20H31N5S. The van der Waals surface area contributed by atoms with Gasteiger partial charge in [0.25, 0.3) is 0 Å². The minimum absolute atomic E-state index is 0.00906. The Balaban J connectivity index is 1.49. The third-order valence-corrected chi connectivity index (χ3v) is 7.13. The summed E-state index contributed by atoms with van der Waals surface area (Å²) in [5, 5.41) is 11.8. The fourth-order valence-electron chi connectivity index (χ4n) is 3.91. The van der Waals surface area contributed by atoms with Crippen LogP contribution in [0.4, 0.5) is 5.95 Å². The summed E-state index contributed by atoms with van der Waals surface area (Å²) in [6, 6.07) is 2.89. The van der Waals surface area contributed by atoms with Crippen LogP contribution in [0.2, 0.25) is 0 Å². The van der Waals surface area contributed by atoms with Gasteiger partial charge in [0.05, 0.1) is 0 Å². The predicted octanol–water partition coefficient (Wildman–Crippen LogP) is 3.83. The largest absolute Gasteiger partial charge is 0.352 e. The molecule has 2 aliphatic rings. The molecule has 0 amide bonds. The van der Waals surface area contributed by atoms with Crippen molar-refractivity contribution in [3.05, 3.63) is 27.2 Å². The average molecular weight is 374 g/mol. The molecule has 0 aromatic carbocycles. The molecule has 5 nitrogen and oxygen atoms in total. The summed E-state index contributed by atoms with van der Waals surface area (Å²) in [4.78, 5) is 7.87. The fraction of sp³-hybridized carbons (Fsp3) is 0.700. The van der Waals surface area contributed by atoms with Crippen molar-refractivity contribution in [2.75, 3.05) is 11.9 Å². The summed E-state index contributed by atoms with van der Waals surface area (Å²) in [6.07, 6.45) is 3.41. The zero-order valence-electron chi connectivity index (χ0n) is 16.6. The maximum absolute atomic E-state index is 4.76. The van der Waals surface area contributed by atoms with Gasteiger partial charge in [-0.2, -0.15) is 10.1 Å². The van der Waals surface area contributed by atoms with E-state index < -0.39 is 0 Å². The van der Waals surface area contributed by atoms with Gasteiger partial charge in [0, 0.05) is 46.3 Å². The maximum atomic E-state index is 4.76. The second-order valence-corrected chi connectivity index (χ2v) is 10.6. The molecule has 142 valence electrons. The van der Waals surface area contributed by atoms with Gasteiger partial charge in [-0.25, -0.2) is 4.68 Å². The molecule has 0 aliphatic carbocycles. The molecule has 2 N–H and O–H groups in total. The maximum Gasteiger partial charge on any atom is 0.221 e. The van der Waals surface area contributed by atoms with Crippen molar-refractivity contribution in [3.63, 3.8) is 0 Å². The van der Waals surface area contributed by atoms with Crippen molar-refractivity contribution < 1.29 is 0 Å². The smallest absolute Gasteiger partial charge is 0.221 e. The Morgan fingerprint density at radius 1 is 1.27 bits per heavy atom. The van der Waals surface area contributed by atoms with Gasteiger partial charge in [-0.1, -0.05) is 34.6 Å². The van der Waals surface area contributed by atoms with Crippen LogP contribution in [0.25, 0.3) is 0 Å². The zero-order chi connectivity index (χ0) is 18.5. The van der Waals surface area contributed by atoms with Gasteiger partial charge in [0.1, 0.15) is 0 Å². The highest BCUT2D eigenvalue weighted by Crippen LogP contribution is 2.38. The van der Waals surface area contributed by atoms with Gasteiger partial charge in [-0.3, -0.25) is 0 Å². The Kier molecular flexibility index (Phi) is 4.39. The van der Waals surface area contributed by atoms with Gasteiger partial charge in [0.2, 0.25) is 5.95 Å². The quantitative estimate of drug-likeness (QED) is 0.858. The summed E-state index contributed by atoms with van der Waals surface area (Å²) in [7, 11) is 0. The molecule has 0 saturated heterocycles. The second-order valence-electron chi connectivity index (χ2n) is 9.44. The van der Waals surface area contributed by atoms with E-state index in [-0.39, 0.29) is 10.8 Å². The summed E-state index contributed by atoms with van der Waals surface area (Å²) >= 11 is 2.02. The minimum atomic E-state index is -0.00906. The summed E-state index contributed by atoms with van der Waals surface area (Å²) < 4.78 is 2.04. The standard InChI is InChI=1S/C20H31N5S/c1-19(2,3)17-23-18-22-14(7-9-25(18)24-17)11-20(4,5)16-10-13-12-21-8-6-15(13)26-16/h10,14,21H,6-9,11-12H2,1-5H3,(H,22,23,24). The van der Waals surface area contributed by atoms with E-state index in [0.717, 1.165) is 44.2 Å².